The molecule has 0 spiro atoms. The highest BCUT2D eigenvalue weighted by molar-refractivity contribution is 5.97. The lowest BCUT2D eigenvalue weighted by molar-refractivity contribution is -0.150. The Hall–Kier alpha value is -2.96. The molecule has 0 saturated carbocycles. The Morgan fingerprint density at radius 3 is 2.21 bits per heavy atom. The first-order chi connectivity index (χ1) is 14.9. The number of hydrogen-bond donors (Lipinski definition) is 4. The number of hydrogen-bond acceptors (Lipinski definition) is 5. The summed E-state index contributed by atoms with van der Waals surface area (Å²) < 4.78 is 63.7. The molecular formula is C20H26F5N3O5. The molecule has 186 valence electrons. The van der Waals surface area contributed by atoms with Crippen molar-refractivity contribution in [3.8, 4) is 5.75 Å². The van der Waals surface area contributed by atoms with Crippen molar-refractivity contribution in [1.29, 1.82) is 0 Å². The van der Waals surface area contributed by atoms with E-state index < -0.39 is 61.6 Å². The van der Waals surface area contributed by atoms with Crippen LogP contribution in [0.4, 0.5) is 22.0 Å². The molecule has 0 saturated heterocycles. The van der Waals surface area contributed by atoms with Gasteiger partial charge in [-0.3, -0.25) is 14.4 Å². The molecule has 0 heterocycles. The number of carbonyl (C=O) groups is 3. The van der Waals surface area contributed by atoms with E-state index >= 15 is 0 Å². The SMILES string of the molecule is Cc1cc(O)c(C)c(C(=O)NC(C)C(O)C(=O)N(CC(=O)NCC(F)(F)F)CC(C)(F)F)c1. The van der Waals surface area contributed by atoms with Gasteiger partial charge in [0, 0.05) is 18.1 Å². The molecule has 0 bridgehead atoms. The zero-order valence-corrected chi connectivity index (χ0v) is 18.4. The maximum Gasteiger partial charge on any atom is 0.405 e. The van der Waals surface area contributed by atoms with Crippen molar-refractivity contribution in [3.63, 3.8) is 0 Å². The Labute approximate surface area is 186 Å². The van der Waals surface area contributed by atoms with Crippen LogP contribution in [0.1, 0.15) is 35.3 Å². The molecular weight excluding hydrogens is 457 g/mol. The fourth-order valence-corrected chi connectivity index (χ4v) is 2.81. The summed E-state index contributed by atoms with van der Waals surface area (Å²) in [7, 11) is 0. The predicted octanol–water partition coefficient (Wildman–Crippen LogP) is 1.65. The van der Waals surface area contributed by atoms with Crippen molar-refractivity contribution in [2.24, 2.45) is 0 Å². The zero-order valence-electron chi connectivity index (χ0n) is 18.4. The number of alkyl halides is 5. The molecule has 13 heteroatoms. The van der Waals surface area contributed by atoms with E-state index in [0.29, 0.717) is 12.5 Å². The van der Waals surface area contributed by atoms with E-state index in [2.05, 4.69) is 5.32 Å². The summed E-state index contributed by atoms with van der Waals surface area (Å²) in [5.74, 6) is -7.22. The number of amides is 3. The van der Waals surface area contributed by atoms with Gasteiger partial charge < -0.3 is 25.7 Å². The number of aliphatic hydroxyl groups is 1. The van der Waals surface area contributed by atoms with Gasteiger partial charge in [-0.1, -0.05) is 0 Å². The second kappa shape index (κ2) is 10.8. The van der Waals surface area contributed by atoms with Crippen molar-refractivity contribution in [3.05, 3.63) is 28.8 Å². The third-order valence-corrected chi connectivity index (χ3v) is 4.46. The van der Waals surface area contributed by atoms with Crippen LogP contribution >= 0.6 is 0 Å². The summed E-state index contributed by atoms with van der Waals surface area (Å²) in [5.41, 5.74) is 0.816. The monoisotopic (exact) mass is 483 g/mol. The maximum absolute atomic E-state index is 13.5. The maximum atomic E-state index is 13.5. The fourth-order valence-electron chi connectivity index (χ4n) is 2.81. The smallest absolute Gasteiger partial charge is 0.405 e. The summed E-state index contributed by atoms with van der Waals surface area (Å²) in [4.78, 5) is 37.0. The van der Waals surface area contributed by atoms with E-state index in [1.165, 1.54) is 31.3 Å². The topological polar surface area (TPSA) is 119 Å². The summed E-state index contributed by atoms with van der Waals surface area (Å²) in [6.07, 6.45) is -6.84. The number of phenolic OH excluding ortho intramolecular Hbond substituents is 1. The van der Waals surface area contributed by atoms with Crippen LogP contribution in [-0.4, -0.2) is 76.7 Å². The van der Waals surface area contributed by atoms with Gasteiger partial charge in [0.15, 0.2) is 6.10 Å². The lowest BCUT2D eigenvalue weighted by Crippen LogP contribution is -2.54. The van der Waals surface area contributed by atoms with Gasteiger partial charge >= 0.3 is 6.18 Å². The van der Waals surface area contributed by atoms with Gasteiger partial charge in [-0.15, -0.1) is 0 Å². The standard InChI is InChI=1S/C20H26F5N3O5/c1-10-5-13(11(2)14(29)6-10)17(32)27-12(3)16(31)18(33)28(9-19(4,21)22)7-15(30)26-8-20(23,24)25/h5-6,12,16,29,31H,7-9H2,1-4H3,(H,26,30)(H,27,32). The van der Waals surface area contributed by atoms with Crippen molar-refractivity contribution in [2.45, 2.75) is 51.9 Å². The summed E-state index contributed by atoms with van der Waals surface area (Å²) in [5, 5.41) is 23.9. The first-order valence-electron chi connectivity index (χ1n) is 9.70. The van der Waals surface area contributed by atoms with Crippen LogP contribution in [0.2, 0.25) is 0 Å². The third kappa shape index (κ3) is 9.20. The predicted molar refractivity (Wildman–Crippen MR) is 107 cm³/mol. The number of halogens is 5. The van der Waals surface area contributed by atoms with Crippen molar-refractivity contribution < 1.29 is 46.5 Å². The van der Waals surface area contributed by atoms with Crippen LogP contribution in [0.25, 0.3) is 0 Å². The number of benzene rings is 1. The Bertz CT molecular complexity index is 886. The molecule has 0 aliphatic heterocycles. The first kappa shape index (κ1) is 28.1. The number of phenols is 1. The molecule has 8 nitrogen and oxygen atoms in total. The molecule has 1 aromatic carbocycles. The highest BCUT2D eigenvalue weighted by atomic mass is 19.4. The number of aryl methyl sites for hydroxylation is 1. The average molecular weight is 483 g/mol. The fraction of sp³-hybridized carbons (Fsp3) is 0.550. The molecule has 2 atom stereocenters. The van der Waals surface area contributed by atoms with Gasteiger partial charge in [0.25, 0.3) is 17.7 Å². The van der Waals surface area contributed by atoms with Crippen LogP contribution in [-0.2, 0) is 9.59 Å². The minimum Gasteiger partial charge on any atom is -0.508 e. The molecule has 0 radical (unpaired) electrons. The number of carbonyl (C=O) groups excluding carboxylic acids is 3. The van der Waals surface area contributed by atoms with Gasteiger partial charge in [0.1, 0.15) is 12.3 Å². The number of nitrogens with zero attached hydrogens (tertiary/aromatic N) is 1. The van der Waals surface area contributed by atoms with Crippen LogP contribution in [0.3, 0.4) is 0 Å². The van der Waals surface area contributed by atoms with Gasteiger partial charge in [-0.25, -0.2) is 8.78 Å². The van der Waals surface area contributed by atoms with Gasteiger partial charge in [-0.2, -0.15) is 13.2 Å². The minimum absolute atomic E-state index is 0.0440. The van der Waals surface area contributed by atoms with Crippen LogP contribution in [0.15, 0.2) is 12.1 Å². The van der Waals surface area contributed by atoms with Gasteiger partial charge in [-0.05, 0) is 38.5 Å². The Morgan fingerprint density at radius 2 is 1.70 bits per heavy atom. The molecule has 0 aliphatic rings. The Balaban J connectivity index is 2.96. The molecule has 4 N–H and O–H groups in total. The minimum atomic E-state index is -4.75. The molecule has 33 heavy (non-hydrogen) atoms. The van der Waals surface area contributed by atoms with Crippen LogP contribution in [0.5, 0.6) is 5.75 Å². The molecule has 0 aliphatic carbocycles. The Kier molecular flexibility index (Phi) is 9.16. The molecule has 1 aromatic rings. The van der Waals surface area contributed by atoms with E-state index in [-0.39, 0.29) is 21.8 Å². The lowest BCUT2D eigenvalue weighted by Gasteiger charge is -2.29. The lowest BCUT2D eigenvalue weighted by atomic mass is 10.0. The van der Waals surface area contributed by atoms with E-state index in [4.69, 9.17) is 0 Å². The third-order valence-electron chi connectivity index (χ3n) is 4.46. The van der Waals surface area contributed by atoms with Crippen LogP contribution in [0, 0.1) is 13.8 Å². The molecule has 2 unspecified atom stereocenters. The molecule has 1 rings (SSSR count). The second-order valence-electron chi connectivity index (χ2n) is 7.82. The number of aliphatic hydroxyl groups excluding tert-OH is 1. The molecule has 0 aromatic heterocycles. The first-order valence-corrected chi connectivity index (χ1v) is 9.70. The number of rotatable bonds is 9. The van der Waals surface area contributed by atoms with Crippen LogP contribution < -0.4 is 10.6 Å². The van der Waals surface area contributed by atoms with Crippen molar-refractivity contribution in [1.82, 2.24) is 15.5 Å². The quantitative estimate of drug-likeness (QED) is 0.399. The van der Waals surface area contributed by atoms with E-state index in [1.54, 1.807) is 6.92 Å². The summed E-state index contributed by atoms with van der Waals surface area (Å²) >= 11 is 0. The zero-order chi connectivity index (χ0) is 25.7. The van der Waals surface area contributed by atoms with E-state index in [1.807, 2.05) is 0 Å². The van der Waals surface area contributed by atoms with Crippen molar-refractivity contribution >= 4 is 17.7 Å². The van der Waals surface area contributed by atoms with Gasteiger partial charge in [0.05, 0.1) is 19.1 Å². The average Bonchev–Trinajstić information content (AvgIpc) is 2.65. The number of nitrogens with one attached hydrogen (secondary N) is 2. The number of aromatic hydroxyl groups is 1. The van der Waals surface area contributed by atoms with Gasteiger partial charge in [0.2, 0.25) is 5.91 Å². The highest BCUT2D eigenvalue weighted by Crippen LogP contribution is 2.22. The highest BCUT2D eigenvalue weighted by Gasteiger charge is 2.36. The summed E-state index contributed by atoms with van der Waals surface area (Å²) in [6.45, 7) is 0.441. The Morgan fingerprint density at radius 1 is 1.12 bits per heavy atom. The molecule has 0 fully saturated rings. The van der Waals surface area contributed by atoms with Crippen molar-refractivity contribution in [2.75, 3.05) is 19.6 Å². The van der Waals surface area contributed by atoms with E-state index in [0.717, 1.165) is 0 Å². The largest absolute Gasteiger partial charge is 0.508 e. The summed E-state index contributed by atoms with van der Waals surface area (Å²) in [6, 6.07) is 1.53. The van der Waals surface area contributed by atoms with E-state index in [9.17, 15) is 46.5 Å². The second-order valence-corrected chi connectivity index (χ2v) is 7.82. The normalized spacial score (nSPS) is 13.8. The molecule has 3 amide bonds.